The Morgan fingerprint density at radius 3 is 2.60 bits per heavy atom. The molecule has 0 saturated heterocycles. The first-order valence-electron chi connectivity index (χ1n) is 4.85. The van der Waals surface area contributed by atoms with E-state index in [1.54, 1.807) is 30.0 Å². The highest BCUT2D eigenvalue weighted by atomic mass is 32.2. The smallest absolute Gasteiger partial charge is 0.335 e. The summed E-state index contributed by atoms with van der Waals surface area (Å²) in [6.07, 6.45) is 0. The standard InChI is InChI=1S/C12H16O2S/c1-12(2,3)8-15-10-6-4-5-9(7-10)11(13)14/h4-7H,8H2,1-3H3,(H,13,14). The molecule has 0 atom stereocenters. The number of carbonyl (C=O) groups is 1. The molecule has 1 rings (SSSR count). The van der Waals surface area contributed by atoms with Crippen molar-refractivity contribution in [3.63, 3.8) is 0 Å². The maximum absolute atomic E-state index is 10.7. The molecule has 0 aliphatic rings. The van der Waals surface area contributed by atoms with Gasteiger partial charge >= 0.3 is 5.97 Å². The summed E-state index contributed by atoms with van der Waals surface area (Å²) in [5.41, 5.74) is 0.609. The average Bonchev–Trinajstić information content (AvgIpc) is 2.14. The van der Waals surface area contributed by atoms with Gasteiger partial charge < -0.3 is 5.11 Å². The fraction of sp³-hybridized carbons (Fsp3) is 0.417. The Bertz CT molecular complexity index is 353. The molecular formula is C12H16O2S. The predicted molar refractivity (Wildman–Crippen MR) is 63.6 cm³/mol. The molecular weight excluding hydrogens is 208 g/mol. The van der Waals surface area contributed by atoms with Crippen molar-refractivity contribution in [2.24, 2.45) is 5.41 Å². The van der Waals surface area contributed by atoms with Crippen molar-refractivity contribution >= 4 is 17.7 Å². The Kier molecular flexibility index (Phi) is 3.80. The van der Waals surface area contributed by atoms with Gasteiger partial charge in [-0.3, -0.25) is 0 Å². The van der Waals surface area contributed by atoms with Crippen LogP contribution in [-0.4, -0.2) is 16.8 Å². The molecule has 0 aliphatic heterocycles. The van der Waals surface area contributed by atoms with E-state index >= 15 is 0 Å². The topological polar surface area (TPSA) is 37.3 Å². The van der Waals surface area contributed by atoms with Gasteiger partial charge in [-0.15, -0.1) is 11.8 Å². The number of carboxylic acids is 1. The Labute approximate surface area is 94.7 Å². The van der Waals surface area contributed by atoms with Gasteiger partial charge in [-0.25, -0.2) is 4.79 Å². The average molecular weight is 224 g/mol. The second kappa shape index (κ2) is 4.71. The van der Waals surface area contributed by atoms with Gasteiger partial charge in [0, 0.05) is 10.6 Å². The molecule has 0 heterocycles. The third kappa shape index (κ3) is 4.38. The highest BCUT2D eigenvalue weighted by molar-refractivity contribution is 7.99. The van der Waals surface area contributed by atoms with Crippen molar-refractivity contribution in [2.75, 3.05) is 5.75 Å². The predicted octanol–water partition coefficient (Wildman–Crippen LogP) is 3.52. The zero-order chi connectivity index (χ0) is 11.5. The molecule has 0 spiro atoms. The van der Waals surface area contributed by atoms with Gasteiger partial charge in [0.2, 0.25) is 0 Å². The lowest BCUT2D eigenvalue weighted by Gasteiger charge is -2.17. The van der Waals surface area contributed by atoms with Crippen LogP contribution in [0.4, 0.5) is 0 Å². The van der Waals surface area contributed by atoms with Crippen LogP contribution in [0.15, 0.2) is 29.2 Å². The van der Waals surface area contributed by atoms with Gasteiger partial charge in [-0.05, 0) is 23.6 Å². The lowest BCUT2D eigenvalue weighted by molar-refractivity contribution is 0.0696. The molecule has 0 amide bonds. The van der Waals surface area contributed by atoms with Crippen LogP contribution in [0, 0.1) is 5.41 Å². The molecule has 0 bridgehead atoms. The Morgan fingerprint density at radius 2 is 2.07 bits per heavy atom. The summed E-state index contributed by atoms with van der Waals surface area (Å²) in [4.78, 5) is 11.8. The Hall–Kier alpha value is -0.960. The molecule has 0 radical (unpaired) electrons. The van der Waals surface area contributed by atoms with Crippen LogP contribution in [0.3, 0.4) is 0 Å². The summed E-state index contributed by atoms with van der Waals surface area (Å²) in [5.74, 6) is 0.115. The molecule has 0 aliphatic carbocycles. The first kappa shape index (κ1) is 12.1. The summed E-state index contributed by atoms with van der Waals surface area (Å²) in [5, 5.41) is 8.83. The van der Waals surface area contributed by atoms with Gasteiger partial charge in [0.25, 0.3) is 0 Å². The summed E-state index contributed by atoms with van der Waals surface area (Å²) in [7, 11) is 0. The second-order valence-electron chi connectivity index (χ2n) is 4.68. The van der Waals surface area contributed by atoms with Crippen LogP contribution in [0.1, 0.15) is 31.1 Å². The van der Waals surface area contributed by atoms with Crippen LogP contribution in [0.5, 0.6) is 0 Å². The summed E-state index contributed by atoms with van der Waals surface area (Å²) in [6.45, 7) is 6.50. The minimum absolute atomic E-state index is 0.254. The van der Waals surface area contributed by atoms with Crippen molar-refractivity contribution < 1.29 is 9.90 Å². The van der Waals surface area contributed by atoms with Gasteiger partial charge in [-0.1, -0.05) is 26.8 Å². The van der Waals surface area contributed by atoms with E-state index in [9.17, 15) is 4.79 Å². The van der Waals surface area contributed by atoms with Crippen molar-refractivity contribution in [3.8, 4) is 0 Å². The van der Waals surface area contributed by atoms with E-state index in [1.807, 2.05) is 6.07 Å². The number of carboxylic acid groups (broad SMARTS) is 1. The van der Waals surface area contributed by atoms with E-state index in [0.717, 1.165) is 10.6 Å². The van der Waals surface area contributed by atoms with Gasteiger partial charge in [0.05, 0.1) is 5.56 Å². The van der Waals surface area contributed by atoms with E-state index in [-0.39, 0.29) is 5.41 Å². The fourth-order valence-corrected chi connectivity index (χ4v) is 2.00. The highest BCUT2D eigenvalue weighted by Crippen LogP contribution is 2.27. The molecule has 0 unspecified atom stereocenters. The van der Waals surface area contributed by atoms with Gasteiger partial charge in [0.1, 0.15) is 0 Å². The first-order chi connectivity index (χ1) is 6.88. The Balaban J connectivity index is 2.70. The molecule has 2 nitrogen and oxygen atoms in total. The third-order valence-corrected chi connectivity index (χ3v) is 3.35. The van der Waals surface area contributed by atoms with Crippen LogP contribution < -0.4 is 0 Å². The van der Waals surface area contributed by atoms with E-state index in [2.05, 4.69) is 20.8 Å². The van der Waals surface area contributed by atoms with Gasteiger partial charge in [0.15, 0.2) is 0 Å². The normalized spacial score (nSPS) is 11.4. The van der Waals surface area contributed by atoms with E-state index < -0.39 is 5.97 Å². The summed E-state index contributed by atoms with van der Waals surface area (Å²) < 4.78 is 0. The lowest BCUT2D eigenvalue weighted by Crippen LogP contribution is -2.08. The molecule has 3 heteroatoms. The minimum atomic E-state index is -0.867. The van der Waals surface area contributed by atoms with Crippen LogP contribution in [0.25, 0.3) is 0 Å². The monoisotopic (exact) mass is 224 g/mol. The molecule has 1 aromatic rings. The Morgan fingerprint density at radius 1 is 1.40 bits per heavy atom. The van der Waals surface area contributed by atoms with Crippen molar-refractivity contribution in [3.05, 3.63) is 29.8 Å². The summed E-state index contributed by atoms with van der Waals surface area (Å²) in [6, 6.07) is 7.07. The van der Waals surface area contributed by atoms with Crippen LogP contribution >= 0.6 is 11.8 Å². The molecule has 0 fully saturated rings. The van der Waals surface area contributed by atoms with Crippen molar-refractivity contribution in [2.45, 2.75) is 25.7 Å². The minimum Gasteiger partial charge on any atom is -0.478 e. The molecule has 1 aromatic carbocycles. The van der Waals surface area contributed by atoms with Crippen molar-refractivity contribution in [1.82, 2.24) is 0 Å². The van der Waals surface area contributed by atoms with Crippen molar-refractivity contribution in [1.29, 1.82) is 0 Å². The quantitative estimate of drug-likeness (QED) is 0.798. The highest BCUT2D eigenvalue weighted by Gasteiger charge is 2.11. The summed E-state index contributed by atoms with van der Waals surface area (Å²) >= 11 is 1.70. The molecule has 0 saturated carbocycles. The van der Waals surface area contributed by atoms with Crippen LogP contribution in [0.2, 0.25) is 0 Å². The lowest BCUT2D eigenvalue weighted by atomic mass is 10.0. The molecule has 82 valence electrons. The zero-order valence-corrected chi connectivity index (χ0v) is 10.1. The largest absolute Gasteiger partial charge is 0.478 e. The molecule has 15 heavy (non-hydrogen) atoms. The van der Waals surface area contributed by atoms with Gasteiger partial charge in [-0.2, -0.15) is 0 Å². The first-order valence-corrected chi connectivity index (χ1v) is 5.83. The van der Waals surface area contributed by atoms with Crippen LogP contribution in [-0.2, 0) is 0 Å². The number of hydrogen-bond acceptors (Lipinski definition) is 2. The maximum atomic E-state index is 10.7. The SMILES string of the molecule is CC(C)(C)CSc1cccc(C(=O)O)c1. The number of thioether (sulfide) groups is 1. The van der Waals surface area contributed by atoms with E-state index in [4.69, 9.17) is 5.11 Å². The molecule has 0 aromatic heterocycles. The third-order valence-electron chi connectivity index (χ3n) is 1.75. The zero-order valence-electron chi connectivity index (χ0n) is 9.28. The van der Waals surface area contributed by atoms with E-state index in [0.29, 0.717) is 5.56 Å². The van der Waals surface area contributed by atoms with E-state index in [1.165, 1.54) is 0 Å². The fourth-order valence-electron chi connectivity index (χ4n) is 1.02. The number of aromatic carboxylic acids is 1. The second-order valence-corrected chi connectivity index (χ2v) is 5.73. The maximum Gasteiger partial charge on any atom is 0.335 e. The molecule has 1 N–H and O–H groups in total. The number of rotatable bonds is 3. The number of benzene rings is 1. The number of hydrogen-bond donors (Lipinski definition) is 1.